The van der Waals surface area contributed by atoms with Crippen LogP contribution in [0, 0.1) is 0 Å². The van der Waals surface area contributed by atoms with Crippen LogP contribution in [0.1, 0.15) is 79.1 Å². The molecule has 0 N–H and O–H groups in total. The maximum atomic E-state index is 12.8. The van der Waals surface area contributed by atoms with Gasteiger partial charge in [0.05, 0.1) is 26.4 Å². The van der Waals surface area contributed by atoms with Crippen LogP contribution in [0.3, 0.4) is 0 Å². The van der Waals surface area contributed by atoms with Gasteiger partial charge in [0.2, 0.25) is 24.4 Å². The van der Waals surface area contributed by atoms with E-state index in [1.807, 2.05) is 27.7 Å². The summed E-state index contributed by atoms with van der Waals surface area (Å²) in [5.41, 5.74) is 0. The van der Waals surface area contributed by atoms with Crippen LogP contribution < -0.4 is 0 Å². The summed E-state index contributed by atoms with van der Waals surface area (Å²) in [6, 6.07) is 0. The van der Waals surface area contributed by atoms with Gasteiger partial charge in [-0.05, 0) is 25.7 Å². The van der Waals surface area contributed by atoms with Gasteiger partial charge in [0.15, 0.2) is 0 Å². The Bertz CT molecular complexity index is 635. The third kappa shape index (κ3) is 9.14. The molecule has 0 aromatic rings. The first-order valence-corrected chi connectivity index (χ1v) is 14.6. The number of ether oxygens (including phenoxy) is 4. The van der Waals surface area contributed by atoms with Gasteiger partial charge in [-0.25, -0.2) is 19.2 Å². The van der Waals surface area contributed by atoms with Crippen molar-refractivity contribution in [2.24, 2.45) is 0 Å². The van der Waals surface area contributed by atoms with Crippen molar-refractivity contribution in [2.75, 3.05) is 26.4 Å². The Hall–Kier alpha value is -1.85. The molecule has 2 aliphatic heterocycles. The molecule has 2 rings (SSSR count). The Morgan fingerprint density at radius 3 is 0.892 bits per heavy atom. The topological polar surface area (TPSA) is 142 Å². The monoisotopic (exact) mass is 551 g/mol. The van der Waals surface area contributed by atoms with E-state index < -0.39 is 56.5 Å². The zero-order chi connectivity index (χ0) is 27.3. The Balaban J connectivity index is 2.24. The molecule has 0 aromatic heterocycles. The lowest BCUT2D eigenvalue weighted by Crippen LogP contribution is -2.39. The summed E-state index contributed by atoms with van der Waals surface area (Å²) in [7, 11) is -4.00. The molecule has 0 bridgehead atoms. The van der Waals surface area contributed by atoms with Crippen molar-refractivity contribution in [3.05, 3.63) is 0 Å². The van der Waals surface area contributed by atoms with Gasteiger partial charge in [0.25, 0.3) is 0 Å². The van der Waals surface area contributed by atoms with Crippen molar-refractivity contribution < 1.29 is 56.2 Å². The molecule has 4 atom stereocenters. The number of rotatable bonds is 16. The van der Waals surface area contributed by atoms with Crippen molar-refractivity contribution >= 4 is 32.0 Å². The lowest BCUT2D eigenvalue weighted by atomic mass is 10.2. The van der Waals surface area contributed by atoms with E-state index in [2.05, 4.69) is 0 Å². The van der Waals surface area contributed by atoms with E-state index in [0.29, 0.717) is 25.7 Å². The highest BCUT2D eigenvalue weighted by Crippen LogP contribution is 2.74. The number of carbonyl (C=O) groups excluding carboxylic acids is 4. The molecule has 0 radical (unpaired) electrons. The molecule has 0 unspecified atom stereocenters. The van der Waals surface area contributed by atoms with Crippen molar-refractivity contribution in [1.82, 2.24) is 0 Å². The fourth-order valence-electron chi connectivity index (χ4n) is 3.19. The number of esters is 4. The lowest BCUT2D eigenvalue weighted by Gasteiger charge is -2.11. The second kappa shape index (κ2) is 16.2. The van der Waals surface area contributed by atoms with Gasteiger partial charge in [0, 0.05) is 0 Å². The molecule has 2 aliphatic rings. The highest BCUT2D eigenvalue weighted by molar-refractivity contribution is 7.57. The van der Waals surface area contributed by atoms with Crippen molar-refractivity contribution in [1.29, 1.82) is 0 Å². The summed E-state index contributed by atoms with van der Waals surface area (Å²) < 4.78 is 43.7. The Morgan fingerprint density at radius 2 is 0.703 bits per heavy atom. The van der Waals surface area contributed by atoms with Gasteiger partial charge in [-0.3, -0.25) is 0 Å². The molecule has 1 spiro atoms. The second-order valence-electron chi connectivity index (χ2n) is 8.64. The van der Waals surface area contributed by atoms with Gasteiger partial charge < -0.3 is 18.9 Å². The van der Waals surface area contributed by atoms with Gasteiger partial charge >= 0.3 is 32.0 Å². The maximum Gasteiger partial charge on any atom is 0.579 e. The van der Waals surface area contributed by atoms with Crippen LogP contribution in [0.5, 0.6) is 0 Å². The molecule has 12 nitrogen and oxygen atoms in total. The fourth-order valence-corrected chi connectivity index (χ4v) is 5.39. The Labute approximate surface area is 218 Å². The van der Waals surface area contributed by atoms with E-state index in [0.717, 1.165) is 25.7 Å². The van der Waals surface area contributed by atoms with Gasteiger partial charge in [0.1, 0.15) is 0 Å². The summed E-state index contributed by atoms with van der Waals surface area (Å²) in [6.45, 7) is 8.15. The molecule has 0 amide bonds. The summed E-state index contributed by atoms with van der Waals surface area (Å²) in [6.07, 6.45) is -0.700. The minimum absolute atomic E-state index is 0.110. The summed E-state index contributed by atoms with van der Waals surface area (Å²) in [5, 5.41) is 0. The standard InChI is InChI=1S/C24H40O12P/c1-5-9-13-29-21(25)17-18(22(26)30-14-10-6-2)34-37(33-17)35-19(23(27)31-15-11-7-3)20(36-37)24(28)32-16-12-8-4/h17-20H,5-16H2,1-4H3/q+1/t17-,18-,19-,20-/m1/s1. The van der Waals surface area contributed by atoms with E-state index >= 15 is 0 Å². The molecular formula is C24H40O12P+. The molecule has 2 heterocycles. The molecule has 13 heteroatoms. The van der Waals surface area contributed by atoms with E-state index in [1.54, 1.807) is 0 Å². The maximum absolute atomic E-state index is 12.8. The van der Waals surface area contributed by atoms with Gasteiger partial charge in [-0.15, -0.1) is 18.1 Å². The number of carbonyl (C=O) groups is 4. The summed E-state index contributed by atoms with van der Waals surface area (Å²) in [4.78, 5) is 51.1. The molecular weight excluding hydrogens is 511 g/mol. The minimum Gasteiger partial charge on any atom is -0.464 e. The van der Waals surface area contributed by atoms with Crippen molar-refractivity contribution in [3.63, 3.8) is 0 Å². The van der Waals surface area contributed by atoms with Crippen LogP contribution in [0.15, 0.2) is 0 Å². The molecule has 0 aromatic carbocycles. The highest BCUT2D eigenvalue weighted by atomic mass is 31.2. The SMILES string of the molecule is CCCCOC(=O)[C@@H]1O[P+]2(O[C@H]1C(=O)OCCCC)O[C@@H](C(=O)OCCCC)[C@H](C(=O)OCCCC)O2. The second-order valence-corrected chi connectivity index (χ2v) is 10.4. The third-order valence-corrected chi connectivity index (χ3v) is 7.36. The molecule has 2 saturated heterocycles. The summed E-state index contributed by atoms with van der Waals surface area (Å²) >= 11 is 0. The predicted octanol–water partition coefficient (Wildman–Crippen LogP) is 3.61. The van der Waals surface area contributed by atoms with E-state index in [4.69, 9.17) is 37.0 Å². The number of unbranched alkanes of at least 4 members (excludes halogenated alkanes) is 4. The quantitative estimate of drug-likeness (QED) is 0.120. The van der Waals surface area contributed by atoms with Crippen LogP contribution in [-0.4, -0.2) is 74.7 Å². The fraction of sp³-hybridized carbons (Fsp3) is 0.833. The van der Waals surface area contributed by atoms with Gasteiger partial charge in [-0.2, -0.15) is 0 Å². The smallest absolute Gasteiger partial charge is 0.464 e. The van der Waals surface area contributed by atoms with Crippen LogP contribution >= 0.6 is 8.17 Å². The lowest BCUT2D eigenvalue weighted by molar-refractivity contribution is -0.163. The molecule has 0 aliphatic carbocycles. The average Bonchev–Trinajstić information content (AvgIpc) is 3.45. The van der Waals surface area contributed by atoms with Crippen LogP contribution in [0.4, 0.5) is 0 Å². The van der Waals surface area contributed by atoms with Crippen molar-refractivity contribution in [2.45, 2.75) is 103 Å². The number of hydrogen-bond acceptors (Lipinski definition) is 12. The summed E-state index contributed by atoms with van der Waals surface area (Å²) in [5.74, 6) is -3.48. The molecule has 212 valence electrons. The first-order valence-electron chi connectivity index (χ1n) is 13.1. The largest absolute Gasteiger partial charge is 0.579 e. The Morgan fingerprint density at radius 1 is 0.486 bits per heavy atom. The van der Waals surface area contributed by atoms with E-state index in [-0.39, 0.29) is 26.4 Å². The molecule has 2 fully saturated rings. The normalized spacial score (nSPS) is 24.1. The molecule has 37 heavy (non-hydrogen) atoms. The van der Waals surface area contributed by atoms with Crippen molar-refractivity contribution in [3.8, 4) is 0 Å². The van der Waals surface area contributed by atoms with Crippen LogP contribution in [-0.2, 0) is 56.2 Å². The minimum atomic E-state index is -4.00. The first-order chi connectivity index (χ1) is 17.8. The Kier molecular flexibility index (Phi) is 13.7. The van der Waals surface area contributed by atoms with Crippen LogP contribution in [0.2, 0.25) is 0 Å². The predicted molar refractivity (Wildman–Crippen MR) is 130 cm³/mol. The zero-order valence-corrected chi connectivity index (χ0v) is 23.0. The third-order valence-electron chi connectivity index (χ3n) is 5.42. The van der Waals surface area contributed by atoms with Crippen LogP contribution in [0.25, 0.3) is 0 Å². The highest BCUT2D eigenvalue weighted by Gasteiger charge is 2.76. The molecule has 0 saturated carbocycles. The first kappa shape index (κ1) is 31.4. The average molecular weight is 552 g/mol. The number of hydrogen-bond donors (Lipinski definition) is 0. The zero-order valence-electron chi connectivity index (χ0n) is 22.1. The van der Waals surface area contributed by atoms with E-state index in [1.165, 1.54) is 0 Å². The van der Waals surface area contributed by atoms with E-state index in [9.17, 15) is 19.2 Å². The van der Waals surface area contributed by atoms with Gasteiger partial charge in [-0.1, -0.05) is 53.4 Å².